The summed E-state index contributed by atoms with van der Waals surface area (Å²) >= 11 is 0. The van der Waals surface area contributed by atoms with Gasteiger partial charge in [0.05, 0.1) is 22.8 Å². The molecule has 4 unspecified atom stereocenters. The highest BCUT2D eigenvalue weighted by molar-refractivity contribution is 6.05. The predicted octanol–water partition coefficient (Wildman–Crippen LogP) is 8.18. The van der Waals surface area contributed by atoms with E-state index in [1.165, 1.54) is 0 Å². The Labute approximate surface area is 319 Å². The van der Waals surface area contributed by atoms with Gasteiger partial charge in [-0.25, -0.2) is 9.97 Å². The number of fused-ring (bicyclic) bond motifs is 8. The van der Waals surface area contributed by atoms with Crippen molar-refractivity contribution in [3.63, 3.8) is 0 Å². The van der Waals surface area contributed by atoms with Gasteiger partial charge in [0.2, 0.25) is 0 Å². The Bertz CT molecular complexity index is 2810. The van der Waals surface area contributed by atoms with Gasteiger partial charge in [-0.3, -0.25) is 0 Å². The third kappa shape index (κ3) is 5.70. The zero-order valence-corrected chi connectivity index (χ0v) is 29.6. The van der Waals surface area contributed by atoms with Crippen LogP contribution in [0.2, 0.25) is 0 Å². The van der Waals surface area contributed by atoms with Crippen LogP contribution in [0.4, 0.5) is 0 Å². The molecule has 2 N–H and O–H groups in total. The fraction of sp³-hybridized carbons (Fsp3) is 0.0909. The monoisotopic (exact) mass is 726 g/mol. The molecule has 5 heterocycles. The maximum atomic E-state index is 10.2. The molecule has 56 heavy (non-hydrogen) atoms. The summed E-state index contributed by atoms with van der Waals surface area (Å²) in [6, 6.07) is 7.91. The molecule has 6 aliphatic rings. The molecule has 0 aromatic carbocycles. The second kappa shape index (κ2) is 14.1. The van der Waals surface area contributed by atoms with Gasteiger partial charge in [-0.1, -0.05) is 72.9 Å². The first-order valence-electron chi connectivity index (χ1n) is 18.0. The van der Waals surface area contributed by atoms with E-state index in [0.717, 1.165) is 44.3 Å². The largest absolute Gasteiger partial charge is 0.361 e. The number of hydrogen-bond acceptors (Lipinski definition) is 2. The Hall–Kier alpha value is -7.96. The fourth-order valence-electron chi connectivity index (χ4n) is 8.09. The first kappa shape index (κ1) is 33.8. The highest BCUT2D eigenvalue weighted by atomic mass is 14.9. The minimum absolute atomic E-state index is 0.424. The van der Waals surface area contributed by atoms with E-state index in [-0.39, 0.29) is 0 Å². The van der Waals surface area contributed by atoms with Crippen molar-refractivity contribution >= 4 is 69.2 Å². The molecule has 12 nitrogen and oxygen atoms in total. The van der Waals surface area contributed by atoms with Crippen LogP contribution < -0.4 is 0 Å². The number of aromatic amines is 2. The molecule has 4 atom stereocenters. The maximum Gasteiger partial charge on any atom is 0.303 e. The molecule has 0 saturated heterocycles. The number of H-pyrrole nitrogens is 2. The minimum Gasteiger partial charge on any atom is -0.361 e. The van der Waals surface area contributed by atoms with E-state index in [4.69, 9.17) is 9.97 Å². The summed E-state index contributed by atoms with van der Waals surface area (Å²) in [5.74, 6) is -1.88. The van der Waals surface area contributed by atoms with Crippen molar-refractivity contribution in [1.29, 1.82) is 0 Å². The molecule has 266 valence electrons. The van der Waals surface area contributed by atoms with Gasteiger partial charge in [-0.2, -0.15) is 19.2 Å². The number of rotatable bonds is 4. The summed E-state index contributed by atoms with van der Waals surface area (Å²) in [6.45, 7) is 0. The van der Waals surface area contributed by atoms with Gasteiger partial charge >= 0.3 is 22.8 Å². The summed E-state index contributed by atoms with van der Waals surface area (Å²) in [7, 11) is 0. The van der Waals surface area contributed by atoms with Crippen molar-refractivity contribution in [2.24, 2.45) is 0 Å². The number of hydrogen-bond donors (Lipinski definition) is 2. The number of nitrogens with one attached hydrogen (secondary N) is 2. The number of allylic oxidation sites excluding steroid dienone is 16. The summed E-state index contributed by atoms with van der Waals surface area (Å²) in [5.41, 5.74) is 51.0. The summed E-state index contributed by atoms with van der Waals surface area (Å²) < 4.78 is 0. The molecular formula is C44H30N12. The van der Waals surface area contributed by atoms with Crippen LogP contribution in [0.25, 0.3) is 68.5 Å². The molecule has 0 saturated carbocycles. The Balaban J connectivity index is 1.47. The molecule has 0 amide bonds. The lowest BCUT2D eigenvalue weighted by Crippen LogP contribution is -2.15. The van der Waals surface area contributed by atoms with Crippen molar-refractivity contribution in [3.8, 4) is 0 Å². The normalized spacial score (nSPS) is 21.4. The number of aromatic nitrogens is 4. The fourth-order valence-corrected chi connectivity index (χ4v) is 8.09. The van der Waals surface area contributed by atoms with Crippen molar-refractivity contribution in [1.82, 2.24) is 19.9 Å². The van der Waals surface area contributed by atoms with Crippen molar-refractivity contribution < 1.29 is 19.2 Å². The minimum atomic E-state index is -0.494. The third-order valence-corrected chi connectivity index (χ3v) is 10.6. The van der Waals surface area contributed by atoms with E-state index in [2.05, 4.69) is 29.1 Å². The van der Waals surface area contributed by atoms with Gasteiger partial charge in [0.25, 0.3) is 0 Å². The van der Waals surface area contributed by atoms with Gasteiger partial charge in [-0.05, 0) is 48.6 Å². The molecule has 3 aromatic heterocycles. The van der Waals surface area contributed by atoms with Gasteiger partial charge in [0, 0.05) is 68.6 Å². The predicted molar refractivity (Wildman–Crippen MR) is 217 cm³/mol. The molecule has 0 radical (unpaired) electrons. The second-order valence-electron chi connectivity index (χ2n) is 13.6. The van der Waals surface area contributed by atoms with Crippen LogP contribution in [0.15, 0.2) is 121 Å². The van der Waals surface area contributed by atoms with E-state index in [1.807, 2.05) is 121 Å². The topological polar surface area (TPSA) is 203 Å². The highest BCUT2D eigenvalue weighted by Gasteiger charge is 2.33. The zero-order valence-electron chi connectivity index (χ0n) is 29.6. The first-order chi connectivity index (χ1) is 27.6. The van der Waals surface area contributed by atoms with Crippen LogP contribution in [0.3, 0.4) is 0 Å². The van der Waals surface area contributed by atoms with Crippen molar-refractivity contribution in [2.75, 3.05) is 0 Å². The van der Waals surface area contributed by atoms with Gasteiger partial charge in [0.15, 0.2) is 0 Å². The molecule has 3 aromatic rings. The lowest BCUT2D eigenvalue weighted by atomic mass is 9.88. The first-order valence-corrected chi connectivity index (χ1v) is 18.0. The number of nitrogens with zero attached hydrogens (tertiary/aromatic N) is 10. The summed E-state index contributed by atoms with van der Waals surface area (Å²) in [4.78, 5) is 32.5. The average Bonchev–Trinajstić information content (AvgIpc) is 4.10. The van der Waals surface area contributed by atoms with Crippen molar-refractivity contribution in [3.05, 3.63) is 189 Å². The molecule has 12 heteroatoms. The van der Waals surface area contributed by atoms with Crippen LogP contribution in [0.1, 0.15) is 68.7 Å². The Morgan fingerprint density at radius 3 is 0.982 bits per heavy atom. The van der Waals surface area contributed by atoms with E-state index in [9.17, 15) is 22.1 Å². The zero-order chi connectivity index (χ0) is 38.2. The summed E-state index contributed by atoms with van der Waals surface area (Å²) in [5, 5.41) is 0. The van der Waals surface area contributed by atoms with Crippen LogP contribution >= 0.6 is 0 Å². The third-order valence-electron chi connectivity index (χ3n) is 10.6. The Morgan fingerprint density at radius 1 is 0.357 bits per heavy atom. The van der Waals surface area contributed by atoms with E-state index >= 15 is 0 Å². The standard InChI is InChI=1S/C44H30N12/c45-53-29-13-5-1-9-25(29)41-33-17-19-35(49-33)42(26-10-2-6-14-30(26)54-46)37-21-23-39(51-37)44(28-12-4-8-16-32(28)56-48)40-24-22-38(52-40)43(36-20-18-34(41)50-36)27-11-3-7-15-31(27)55-47/h1-28,49-50H. The Kier molecular flexibility index (Phi) is 8.53. The SMILES string of the molecule is [N-]=[N+]=C1C=CC=CC1c1c2nc(c(C3C=CC=CC3=[N+]=[N-])c3ccc([nH]3)c(C3C=CC=CC3=[N+]=[N-])c3ccc([nH]3)c(C3C=CC=CC3=[N+]=[N-])c3nc1C=C3)C=C2. The smallest absolute Gasteiger partial charge is 0.303 e. The molecule has 8 bridgehead atoms. The quantitative estimate of drug-likeness (QED) is 0.139. The van der Waals surface area contributed by atoms with E-state index in [1.54, 1.807) is 24.3 Å². The second-order valence-corrected chi connectivity index (χ2v) is 13.6. The van der Waals surface area contributed by atoms with Gasteiger partial charge in [-0.15, -0.1) is 0 Å². The van der Waals surface area contributed by atoms with Crippen LogP contribution in [-0.4, -0.2) is 61.9 Å². The Morgan fingerprint density at radius 2 is 0.643 bits per heavy atom. The van der Waals surface area contributed by atoms with Crippen LogP contribution in [0, 0.1) is 0 Å². The van der Waals surface area contributed by atoms with Crippen molar-refractivity contribution in [2.45, 2.75) is 23.7 Å². The van der Waals surface area contributed by atoms with E-state index in [0.29, 0.717) is 45.6 Å². The van der Waals surface area contributed by atoms with Crippen LogP contribution in [-0.2, 0) is 0 Å². The van der Waals surface area contributed by atoms with Crippen LogP contribution in [0.5, 0.6) is 0 Å². The maximum absolute atomic E-state index is 10.2. The molecule has 9 rings (SSSR count). The summed E-state index contributed by atoms with van der Waals surface area (Å²) in [6.07, 6.45) is 37.5. The highest BCUT2D eigenvalue weighted by Crippen LogP contribution is 2.38. The average molecular weight is 727 g/mol. The molecule has 2 aliphatic heterocycles. The molecule has 0 spiro atoms. The molecule has 4 aliphatic carbocycles. The van der Waals surface area contributed by atoms with Gasteiger partial charge < -0.3 is 32.1 Å². The van der Waals surface area contributed by atoms with E-state index < -0.39 is 23.7 Å². The molecule has 0 fully saturated rings. The van der Waals surface area contributed by atoms with Gasteiger partial charge in [0.1, 0.15) is 23.7 Å². The lowest BCUT2D eigenvalue weighted by molar-refractivity contribution is -0.00730. The lowest BCUT2D eigenvalue weighted by Gasteiger charge is -2.13. The molecular weight excluding hydrogens is 697 g/mol.